The van der Waals surface area contributed by atoms with Gasteiger partial charge in [-0.25, -0.2) is 0 Å². The van der Waals surface area contributed by atoms with Crippen molar-refractivity contribution in [2.24, 2.45) is 0 Å². The van der Waals surface area contributed by atoms with Gasteiger partial charge in [-0.15, -0.1) is 0 Å². The Hall–Kier alpha value is -1.82. The first-order valence-corrected chi connectivity index (χ1v) is 10.8. The van der Waals surface area contributed by atoms with E-state index in [2.05, 4.69) is 61.5 Å². The minimum absolute atomic E-state index is 1.21. The minimum Gasteiger partial charge on any atom is -0.0654 e. The van der Waals surface area contributed by atoms with Crippen molar-refractivity contribution in [3.05, 3.63) is 60.2 Å². The molecule has 0 unspecified atom stereocenters. The number of benzene rings is 3. The fraction of sp³-hybridized carbons (Fsp3) is 0.462. The number of rotatable bonds is 11. The van der Waals surface area contributed by atoms with E-state index < -0.39 is 0 Å². The maximum absolute atomic E-state index is 2.34. The van der Waals surface area contributed by atoms with Gasteiger partial charge in [0.15, 0.2) is 0 Å². The average Bonchev–Trinajstić information content (AvgIpc) is 2.68. The highest BCUT2D eigenvalue weighted by Crippen LogP contribution is 2.29. The van der Waals surface area contributed by atoms with Crippen molar-refractivity contribution in [1.29, 1.82) is 0 Å². The van der Waals surface area contributed by atoms with E-state index in [1.54, 1.807) is 5.56 Å². The van der Waals surface area contributed by atoms with Gasteiger partial charge in [0.1, 0.15) is 0 Å². The van der Waals surface area contributed by atoms with Crippen LogP contribution in [0.25, 0.3) is 21.5 Å². The molecular formula is C26H34. The van der Waals surface area contributed by atoms with Gasteiger partial charge in [-0.2, -0.15) is 0 Å². The Bertz CT molecular complexity index is 745. The van der Waals surface area contributed by atoms with Crippen LogP contribution in [0.4, 0.5) is 0 Å². The molecule has 3 aromatic rings. The molecule has 0 radical (unpaired) electrons. The maximum atomic E-state index is 2.34. The Balaban J connectivity index is 1.52. The van der Waals surface area contributed by atoms with Crippen LogP contribution >= 0.6 is 0 Å². The third kappa shape index (κ3) is 5.10. The van der Waals surface area contributed by atoms with Gasteiger partial charge in [0, 0.05) is 0 Å². The van der Waals surface area contributed by atoms with E-state index in [4.69, 9.17) is 0 Å². The van der Waals surface area contributed by atoms with Crippen LogP contribution in [0.3, 0.4) is 0 Å². The molecule has 0 N–H and O–H groups in total. The molecule has 0 saturated heterocycles. The Morgan fingerprint density at radius 3 is 1.54 bits per heavy atom. The molecule has 0 aliphatic carbocycles. The van der Waals surface area contributed by atoms with Gasteiger partial charge < -0.3 is 0 Å². The van der Waals surface area contributed by atoms with Gasteiger partial charge in [0.25, 0.3) is 0 Å². The highest BCUT2D eigenvalue weighted by atomic mass is 14.1. The van der Waals surface area contributed by atoms with Crippen molar-refractivity contribution < 1.29 is 0 Å². The zero-order valence-corrected chi connectivity index (χ0v) is 16.5. The van der Waals surface area contributed by atoms with Crippen LogP contribution in [0.1, 0.15) is 76.7 Å². The van der Waals surface area contributed by atoms with E-state index in [1.165, 1.54) is 92.2 Å². The molecule has 0 aliphatic rings. The van der Waals surface area contributed by atoms with Gasteiger partial charge in [0.05, 0.1) is 0 Å². The maximum Gasteiger partial charge on any atom is -0.0146 e. The van der Waals surface area contributed by atoms with E-state index in [1.807, 2.05) is 0 Å². The summed E-state index contributed by atoms with van der Waals surface area (Å²) in [7, 11) is 0. The van der Waals surface area contributed by atoms with Gasteiger partial charge in [-0.05, 0) is 46.0 Å². The summed E-state index contributed by atoms with van der Waals surface area (Å²) in [5.41, 5.74) is 1.55. The first-order valence-electron chi connectivity index (χ1n) is 10.8. The van der Waals surface area contributed by atoms with Crippen LogP contribution < -0.4 is 0 Å². The summed E-state index contributed by atoms with van der Waals surface area (Å²) in [5, 5.41) is 5.66. The molecular weight excluding hydrogens is 312 g/mol. The normalized spacial score (nSPS) is 11.4. The fourth-order valence-electron chi connectivity index (χ4n) is 4.17. The van der Waals surface area contributed by atoms with E-state index in [-0.39, 0.29) is 0 Å². The predicted octanol–water partition coefficient (Wildman–Crippen LogP) is 8.46. The van der Waals surface area contributed by atoms with E-state index in [0.29, 0.717) is 0 Å². The van der Waals surface area contributed by atoms with Crippen molar-refractivity contribution in [3.8, 4) is 0 Å². The van der Waals surface area contributed by atoms with Crippen LogP contribution in [0.2, 0.25) is 0 Å². The number of hydrogen-bond donors (Lipinski definition) is 0. The highest BCUT2D eigenvalue weighted by Gasteiger charge is 2.07. The lowest BCUT2D eigenvalue weighted by atomic mass is 9.93. The summed E-state index contributed by atoms with van der Waals surface area (Å²) < 4.78 is 0. The highest BCUT2D eigenvalue weighted by molar-refractivity contribution is 6.02. The third-order valence-corrected chi connectivity index (χ3v) is 5.66. The van der Waals surface area contributed by atoms with Crippen molar-refractivity contribution in [1.82, 2.24) is 0 Å². The standard InChI is InChI=1S/C26H34/c1-2-3-4-5-6-7-8-9-10-11-20-26-24-18-14-12-16-22(24)21-23-17-13-15-19-25(23)26/h12-19,21H,2-11,20H2,1H3. The van der Waals surface area contributed by atoms with Gasteiger partial charge in [-0.3, -0.25) is 0 Å². The number of aryl methyl sites for hydroxylation is 1. The lowest BCUT2D eigenvalue weighted by molar-refractivity contribution is 0.557. The average molecular weight is 347 g/mol. The summed E-state index contributed by atoms with van der Waals surface area (Å²) in [5.74, 6) is 0. The number of unbranched alkanes of at least 4 members (excludes halogenated alkanes) is 9. The van der Waals surface area contributed by atoms with Crippen LogP contribution in [-0.2, 0) is 6.42 Å². The van der Waals surface area contributed by atoms with E-state index >= 15 is 0 Å². The predicted molar refractivity (Wildman–Crippen MR) is 117 cm³/mol. The Kier molecular flexibility index (Phi) is 7.55. The lowest BCUT2D eigenvalue weighted by Crippen LogP contribution is -1.91. The van der Waals surface area contributed by atoms with Gasteiger partial charge in [-0.1, -0.05) is 113 Å². The zero-order chi connectivity index (χ0) is 18.0. The molecule has 138 valence electrons. The van der Waals surface area contributed by atoms with Crippen molar-refractivity contribution >= 4 is 21.5 Å². The SMILES string of the molecule is CCCCCCCCCCCCc1c2ccccc2cc2ccccc12. The fourth-order valence-corrected chi connectivity index (χ4v) is 4.17. The van der Waals surface area contributed by atoms with Crippen molar-refractivity contribution in [2.75, 3.05) is 0 Å². The molecule has 0 bridgehead atoms. The minimum atomic E-state index is 1.21. The molecule has 0 saturated carbocycles. The topological polar surface area (TPSA) is 0 Å². The second-order valence-electron chi connectivity index (χ2n) is 7.73. The van der Waals surface area contributed by atoms with Crippen LogP contribution in [0.5, 0.6) is 0 Å². The molecule has 0 heterocycles. The summed E-state index contributed by atoms with van der Waals surface area (Å²) in [6, 6.07) is 20.1. The van der Waals surface area contributed by atoms with Crippen molar-refractivity contribution in [3.63, 3.8) is 0 Å². The molecule has 0 fully saturated rings. The summed E-state index contributed by atoms with van der Waals surface area (Å²) in [6.45, 7) is 2.29. The first kappa shape index (κ1) is 19.0. The largest absolute Gasteiger partial charge is 0.0654 e. The Morgan fingerprint density at radius 1 is 0.538 bits per heavy atom. The summed E-state index contributed by atoms with van der Waals surface area (Å²) >= 11 is 0. The van der Waals surface area contributed by atoms with Crippen molar-refractivity contribution in [2.45, 2.75) is 77.6 Å². The molecule has 3 rings (SSSR count). The molecule has 0 heteroatoms. The molecule has 0 spiro atoms. The van der Waals surface area contributed by atoms with E-state index in [0.717, 1.165) is 0 Å². The summed E-state index contributed by atoms with van der Waals surface area (Å²) in [4.78, 5) is 0. The first-order chi connectivity index (χ1) is 12.9. The molecule has 0 aliphatic heterocycles. The number of fused-ring (bicyclic) bond motifs is 2. The monoisotopic (exact) mass is 346 g/mol. The molecule has 0 atom stereocenters. The quantitative estimate of drug-likeness (QED) is 0.241. The lowest BCUT2D eigenvalue weighted by Gasteiger charge is -2.11. The zero-order valence-electron chi connectivity index (χ0n) is 16.5. The third-order valence-electron chi connectivity index (χ3n) is 5.66. The molecule has 0 aromatic heterocycles. The second kappa shape index (κ2) is 10.4. The summed E-state index contributed by atoms with van der Waals surface area (Å²) in [6.07, 6.45) is 15.2. The van der Waals surface area contributed by atoms with Gasteiger partial charge >= 0.3 is 0 Å². The molecule has 0 nitrogen and oxygen atoms in total. The van der Waals surface area contributed by atoms with Crippen LogP contribution in [0.15, 0.2) is 54.6 Å². The van der Waals surface area contributed by atoms with Crippen LogP contribution in [0, 0.1) is 0 Å². The second-order valence-corrected chi connectivity index (χ2v) is 7.73. The van der Waals surface area contributed by atoms with Crippen LogP contribution in [-0.4, -0.2) is 0 Å². The van der Waals surface area contributed by atoms with E-state index in [9.17, 15) is 0 Å². The molecule has 26 heavy (non-hydrogen) atoms. The Morgan fingerprint density at radius 2 is 1.00 bits per heavy atom. The smallest absolute Gasteiger partial charge is 0.0146 e. The van der Waals surface area contributed by atoms with Gasteiger partial charge in [0.2, 0.25) is 0 Å². The Labute approximate surface area is 159 Å². The molecule has 3 aromatic carbocycles. The number of hydrogen-bond acceptors (Lipinski definition) is 0. The molecule has 0 amide bonds.